The second-order valence-electron chi connectivity index (χ2n) is 4.01. The van der Waals surface area contributed by atoms with Crippen molar-refractivity contribution in [2.75, 3.05) is 6.61 Å². The van der Waals surface area contributed by atoms with Crippen molar-refractivity contribution in [3.63, 3.8) is 0 Å². The molecule has 1 N–H and O–H groups in total. The van der Waals surface area contributed by atoms with Crippen molar-refractivity contribution < 1.29 is 23.8 Å². The third-order valence-corrected chi connectivity index (χ3v) is 2.57. The van der Waals surface area contributed by atoms with E-state index >= 15 is 0 Å². The lowest BCUT2D eigenvalue weighted by molar-refractivity contribution is -0.131. The van der Waals surface area contributed by atoms with Crippen LogP contribution in [0.4, 0.5) is 4.39 Å². The molecule has 1 saturated carbocycles. The number of hydrogen-bond donors (Lipinski definition) is 1. The Hall–Kier alpha value is -1.91. The van der Waals surface area contributed by atoms with Crippen LogP contribution in [0.2, 0.25) is 0 Å². The van der Waals surface area contributed by atoms with E-state index in [1.807, 2.05) is 0 Å². The molecule has 0 atom stereocenters. The fraction of sp³-hybridized carbons (Fsp3) is 0.333. The van der Waals surface area contributed by atoms with Crippen molar-refractivity contribution in [3.8, 4) is 5.75 Å². The van der Waals surface area contributed by atoms with E-state index < -0.39 is 17.6 Å². The molecule has 0 spiro atoms. The lowest BCUT2D eigenvalue weighted by Crippen LogP contribution is -2.15. The molecule has 1 aliphatic rings. The molecule has 0 bridgehead atoms. The van der Waals surface area contributed by atoms with Crippen LogP contribution in [0.25, 0.3) is 0 Å². The van der Waals surface area contributed by atoms with Crippen LogP contribution in [0.1, 0.15) is 23.2 Å². The van der Waals surface area contributed by atoms with Crippen molar-refractivity contribution in [2.24, 2.45) is 5.92 Å². The molecule has 90 valence electrons. The SMILES string of the molecule is O=C(O)C(=O)c1cccc(F)c1OCC1CC1. The van der Waals surface area contributed by atoms with E-state index in [9.17, 15) is 14.0 Å². The number of carbonyl (C=O) groups excluding carboxylic acids is 1. The van der Waals surface area contributed by atoms with Crippen molar-refractivity contribution in [2.45, 2.75) is 12.8 Å². The molecular weight excluding hydrogens is 227 g/mol. The van der Waals surface area contributed by atoms with Gasteiger partial charge in [-0.05, 0) is 30.9 Å². The van der Waals surface area contributed by atoms with Crippen molar-refractivity contribution in [1.82, 2.24) is 0 Å². The molecule has 0 unspecified atom stereocenters. The van der Waals surface area contributed by atoms with E-state index in [4.69, 9.17) is 9.84 Å². The maximum Gasteiger partial charge on any atom is 0.377 e. The van der Waals surface area contributed by atoms with E-state index in [0.717, 1.165) is 18.9 Å². The average molecular weight is 238 g/mol. The predicted molar refractivity (Wildman–Crippen MR) is 56.6 cm³/mol. The lowest BCUT2D eigenvalue weighted by Gasteiger charge is -2.09. The molecule has 5 heteroatoms. The molecular formula is C12H11FO4. The maximum absolute atomic E-state index is 13.5. The summed E-state index contributed by atoms with van der Waals surface area (Å²) in [5.74, 6) is -3.35. The van der Waals surface area contributed by atoms with Gasteiger partial charge in [-0.3, -0.25) is 4.79 Å². The van der Waals surface area contributed by atoms with Crippen molar-refractivity contribution in [3.05, 3.63) is 29.6 Å². The first-order valence-electron chi connectivity index (χ1n) is 5.28. The minimum absolute atomic E-state index is 0.238. The van der Waals surface area contributed by atoms with Gasteiger partial charge in [0.25, 0.3) is 5.78 Å². The van der Waals surface area contributed by atoms with Crippen LogP contribution in [0.3, 0.4) is 0 Å². The Morgan fingerprint density at radius 3 is 2.71 bits per heavy atom. The number of carboxylic acid groups (broad SMARTS) is 1. The van der Waals surface area contributed by atoms with E-state index in [1.165, 1.54) is 12.1 Å². The Balaban J connectivity index is 2.25. The minimum atomic E-state index is -1.62. The van der Waals surface area contributed by atoms with Gasteiger partial charge in [-0.2, -0.15) is 0 Å². The zero-order chi connectivity index (χ0) is 12.4. The standard InChI is InChI=1S/C12H11FO4/c13-9-3-1-2-8(10(14)12(15)16)11(9)17-6-7-4-5-7/h1-3,7H,4-6H2,(H,15,16). The number of carbonyl (C=O) groups is 2. The molecule has 1 aliphatic carbocycles. The second kappa shape index (κ2) is 4.53. The summed E-state index contributed by atoms with van der Waals surface area (Å²) in [4.78, 5) is 21.9. The number of rotatable bonds is 5. The fourth-order valence-corrected chi connectivity index (χ4v) is 1.44. The maximum atomic E-state index is 13.5. The van der Waals surface area contributed by atoms with Gasteiger partial charge in [0.05, 0.1) is 12.2 Å². The van der Waals surface area contributed by atoms with Gasteiger partial charge in [0.2, 0.25) is 0 Å². The molecule has 1 aromatic carbocycles. The van der Waals surface area contributed by atoms with Crippen LogP contribution in [0.15, 0.2) is 18.2 Å². The summed E-state index contributed by atoms with van der Waals surface area (Å²) >= 11 is 0. The van der Waals surface area contributed by atoms with E-state index in [2.05, 4.69) is 0 Å². The zero-order valence-electron chi connectivity index (χ0n) is 8.98. The topological polar surface area (TPSA) is 63.6 Å². The van der Waals surface area contributed by atoms with Crippen molar-refractivity contribution in [1.29, 1.82) is 0 Å². The third kappa shape index (κ3) is 2.61. The number of halogens is 1. The highest BCUT2D eigenvalue weighted by molar-refractivity contribution is 6.40. The molecule has 4 nitrogen and oxygen atoms in total. The molecule has 0 heterocycles. The van der Waals surface area contributed by atoms with Crippen LogP contribution in [0, 0.1) is 11.7 Å². The number of ether oxygens (including phenoxy) is 1. The van der Waals surface area contributed by atoms with Crippen LogP contribution in [-0.2, 0) is 4.79 Å². The average Bonchev–Trinajstić information content (AvgIpc) is 3.10. The fourth-order valence-electron chi connectivity index (χ4n) is 1.44. The molecule has 0 radical (unpaired) electrons. The van der Waals surface area contributed by atoms with Gasteiger partial charge in [-0.25, -0.2) is 9.18 Å². The molecule has 0 aliphatic heterocycles. The molecule has 2 rings (SSSR count). The number of benzene rings is 1. The normalized spacial score (nSPS) is 14.4. The highest BCUT2D eigenvalue weighted by Crippen LogP contribution is 2.31. The minimum Gasteiger partial charge on any atom is -0.489 e. The highest BCUT2D eigenvalue weighted by Gasteiger charge is 2.26. The van der Waals surface area contributed by atoms with Gasteiger partial charge in [-0.1, -0.05) is 6.07 Å². The summed E-state index contributed by atoms with van der Waals surface area (Å²) in [5, 5.41) is 8.61. The van der Waals surface area contributed by atoms with Gasteiger partial charge < -0.3 is 9.84 Å². The van der Waals surface area contributed by atoms with Crippen LogP contribution >= 0.6 is 0 Å². The summed E-state index contributed by atoms with van der Waals surface area (Å²) < 4.78 is 18.7. The molecule has 1 aromatic rings. The third-order valence-electron chi connectivity index (χ3n) is 2.57. The Morgan fingerprint density at radius 2 is 2.12 bits per heavy atom. The Kier molecular flexibility index (Phi) is 3.08. The first-order valence-corrected chi connectivity index (χ1v) is 5.28. The number of ketones is 1. The summed E-state index contributed by atoms with van der Waals surface area (Å²) in [5.41, 5.74) is -0.238. The number of carboxylic acids is 1. The van der Waals surface area contributed by atoms with E-state index in [0.29, 0.717) is 12.5 Å². The zero-order valence-corrected chi connectivity index (χ0v) is 8.98. The molecule has 17 heavy (non-hydrogen) atoms. The largest absolute Gasteiger partial charge is 0.489 e. The molecule has 0 saturated heterocycles. The summed E-state index contributed by atoms with van der Waals surface area (Å²) in [6.07, 6.45) is 2.05. The molecule has 1 fully saturated rings. The summed E-state index contributed by atoms with van der Waals surface area (Å²) in [6.45, 7) is 0.320. The smallest absolute Gasteiger partial charge is 0.377 e. The van der Waals surface area contributed by atoms with Crippen molar-refractivity contribution >= 4 is 11.8 Å². The number of para-hydroxylation sites is 1. The van der Waals surface area contributed by atoms with Gasteiger partial charge in [-0.15, -0.1) is 0 Å². The Labute approximate surface area is 97.0 Å². The Morgan fingerprint density at radius 1 is 1.41 bits per heavy atom. The van der Waals surface area contributed by atoms with Gasteiger partial charge in [0.15, 0.2) is 11.6 Å². The van der Waals surface area contributed by atoms with E-state index in [-0.39, 0.29) is 11.3 Å². The summed E-state index contributed by atoms with van der Waals surface area (Å²) in [6, 6.07) is 3.68. The van der Waals surface area contributed by atoms with E-state index in [1.54, 1.807) is 0 Å². The first kappa shape index (κ1) is 11.6. The van der Waals surface area contributed by atoms with Crippen LogP contribution in [0.5, 0.6) is 5.75 Å². The quantitative estimate of drug-likeness (QED) is 0.628. The van der Waals surface area contributed by atoms with Crippen LogP contribution in [-0.4, -0.2) is 23.5 Å². The van der Waals surface area contributed by atoms with Gasteiger partial charge in [0.1, 0.15) is 0 Å². The van der Waals surface area contributed by atoms with Crippen LogP contribution < -0.4 is 4.74 Å². The highest BCUT2D eigenvalue weighted by atomic mass is 19.1. The lowest BCUT2D eigenvalue weighted by atomic mass is 10.1. The monoisotopic (exact) mass is 238 g/mol. The predicted octanol–water partition coefficient (Wildman–Crippen LogP) is 1.88. The second-order valence-corrected chi connectivity index (χ2v) is 4.01. The number of hydrogen-bond acceptors (Lipinski definition) is 3. The first-order chi connectivity index (χ1) is 8.09. The number of Topliss-reactive ketones (excluding diaryl/α,β-unsaturated/α-hetero) is 1. The molecule has 0 amide bonds. The van der Waals surface area contributed by atoms with Gasteiger partial charge in [0, 0.05) is 0 Å². The van der Waals surface area contributed by atoms with Gasteiger partial charge >= 0.3 is 5.97 Å². The summed E-state index contributed by atoms with van der Waals surface area (Å²) in [7, 11) is 0. The number of aliphatic carboxylic acids is 1. The Bertz CT molecular complexity index is 466. The molecule has 0 aromatic heterocycles.